The van der Waals surface area contributed by atoms with Crippen LogP contribution in [0, 0.1) is 0 Å². The Bertz CT molecular complexity index is 827. The van der Waals surface area contributed by atoms with E-state index in [9.17, 15) is 4.79 Å². The van der Waals surface area contributed by atoms with E-state index < -0.39 is 0 Å². The molecule has 4 heteroatoms. The molecule has 0 spiro atoms. The van der Waals surface area contributed by atoms with Crippen molar-refractivity contribution in [2.75, 3.05) is 0 Å². The summed E-state index contributed by atoms with van der Waals surface area (Å²) in [5, 5.41) is 2.95. The highest BCUT2D eigenvalue weighted by Crippen LogP contribution is 2.32. The van der Waals surface area contributed by atoms with Gasteiger partial charge in [-0.2, -0.15) is 4.37 Å². The molecule has 0 amide bonds. The van der Waals surface area contributed by atoms with Crippen LogP contribution in [0.4, 0.5) is 0 Å². The first kappa shape index (κ1) is 17.7. The van der Waals surface area contributed by atoms with E-state index in [1.54, 1.807) is 0 Å². The molecule has 0 N–H and O–H groups in total. The summed E-state index contributed by atoms with van der Waals surface area (Å²) in [7, 11) is 0. The van der Waals surface area contributed by atoms with Crippen LogP contribution in [0.15, 0.2) is 35.7 Å². The van der Waals surface area contributed by atoms with Gasteiger partial charge in [-0.25, -0.2) is 0 Å². The maximum absolute atomic E-state index is 11.9. The molecular formula is C21H24N2OS. The zero-order valence-corrected chi connectivity index (χ0v) is 15.5. The van der Waals surface area contributed by atoms with Gasteiger partial charge in [0.15, 0.2) is 6.29 Å². The number of unbranched alkanes of at least 4 members (excludes halogenated alkanes) is 5. The third-order valence-electron chi connectivity index (χ3n) is 4.59. The zero-order chi connectivity index (χ0) is 17.5. The lowest BCUT2D eigenvalue weighted by Crippen LogP contribution is -2.02. The third-order valence-corrected chi connectivity index (χ3v) is 5.15. The summed E-state index contributed by atoms with van der Waals surface area (Å²) < 4.78 is 4.47. The minimum atomic E-state index is 0.707. The fourth-order valence-corrected chi connectivity index (χ4v) is 3.80. The van der Waals surface area contributed by atoms with E-state index in [0.717, 1.165) is 47.0 Å². The van der Waals surface area contributed by atoms with Gasteiger partial charge in [-0.3, -0.25) is 9.78 Å². The largest absolute Gasteiger partial charge is 0.298 e. The summed E-state index contributed by atoms with van der Waals surface area (Å²) in [6.45, 7) is 2.23. The van der Waals surface area contributed by atoms with Crippen LogP contribution >= 0.6 is 11.5 Å². The Morgan fingerprint density at radius 2 is 1.84 bits per heavy atom. The monoisotopic (exact) mass is 352 g/mol. The van der Waals surface area contributed by atoms with Gasteiger partial charge in [0.05, 0.1) is 16.9 Å². The van der Waals surface area contributed by atoms with Gasteiger partial charge in [0.25, 0.3) is 0 Å². The highest BCUT2D eigenvalue weighted by Gasteiger charge is 2.17. The van der Waals surface area contributed by atoms with Gasteiger partial charge in [-0.05, 0) is 36.5 Å². The minimum absolute atomic E-state index is 0.707. The van der Waals surface area contributed by atoms with E-state index in [4.69, 9.17) is 4.98 Å². The minimum Gasteiger partial charge on any atom is -0.298 e. The molecule has 1 aromatic carbocycles. The molecule has 0 aliphatic rings. The van der Waals surface area contributed by atoms with Crippen molar-refractivity contribution in [3.63, 3.8) is 0 Å². The Labute approximate surface area is 153 Å². The van der Waals surface area contributed by atoms with Gasteiger partial charge in [0.1, 0.15) is 0 Å². The summed E-state index contributed by atoms with van der Waals surface area (Å²) in [5.41, 5.74) is 4.36. The van der Waals surface area contributed by atoms with Crippen LogP contribution in [0.1, 0.15) is 61.5 Å². The van der Waals surface area contributed by atoms with E-state index in [-0.39, 0.29) is 0 Å². The summed E-state index contributed by atoms with van der Waals surface area (Å²) in [5.74, 6) is 0. The summed E-state index contributed by atoms with van der Waals surface area (Å²) in [6.07, 6.45) is 9.21. The van der Waals surface area contributed by atoms with E-state index >= 15 is 0 Å². The molecule has 3 rings (SSSR count). The standard InChI is InChI=1S/C21H24N2OS/c1-2-3-4-5-6-7-11-19-17(15-24)21(20-13-14-25-23-20)16-10-8-9-12-18(16)22-19/h8-10,12-15H,2-7,11H2,1H3. The number of carbonyl (C=O) groups excluding carboxylic acids is 1. The number of benzene rings is 1. The van der Waals surface area contributed by atoms with Gasteiger partial charge in [0, 0.05) is 21.9 Å². The number of hydrogen-bond donors (Lipinski definition) is 0. The molecule has 0 radical (unpaired) electrons. The van der Waals surface area contributed by atoms with E-state index in [1.807, 2.05) is 35.7 Å². The van der Waals surface area contributed by atoms with Crippen molar-refractivity contribution in [2.24, 2.45) is 0 Å². The molecule has 0 saturated carbocycles. The molecule has 130 valence electrons. The van der Waals surface area contributed by atoms with Gasteiger partial charge in [-0.1, -0.05) is 57.2 Å². The topological polar surface area (TPSA) is 42.9 Å². The third kappa shape index (κ3) is 4.13. The number of hydrogen-bond acceptors (Lipinski definition) is 4. The number of aldehydes is 1. The predicted octanol–water partition coefficient (Wildman–Crippen LogP) is 6.07. The Hall–Kier alpha value is -2.07. The number of pyridine rings is 1. The second-order valence-corrected chi connectivity index (χ2v) is 7.05. The van der Waals surface area contributed by atoms with Crippen LogP contribution < -0.4 is 0 Å². The highest BCUT2D eigenvalue weighted by molar-refractivity contribution is 7.03. The average molecular weight is 353 g/mol. The number of aryl methyl sites for hydroxylation is 1. The number of carbonyl (C=O) groups is 1. The highest BCUT2D eigenvalue weighted by atomic mass is 32.1. The SMILES string of the molecule is CCCCCCCCc1nc2ccccc2c(-c2ccsn2)c1C=O. The Morgan fingerprint density at radius 1 is 1.04 bits per heavy atom. The lowest BCUT2D eigenvalue weighted by molar-refractivity contribution is 0.112. The first-order chi connectivity index (χ1) is 12.3. The van der Waals surface area contributed by atoms with Crippen molar-refractivity contribution in [1.82, 2.24) is 9.36 Å². The lowest BCUT2D eigenvalue weighted by Gasteiger charge is -2.12. The number of fused-ring (bicyclic) bond motifs is 1. The normalized spacial score (nSPS) is 11.1. The fourth-order valence-electron chi connectivity index (χ4n) is 3.29. The van der Waals surface area contributed by atoms with E-state index in [0.29, 0.717) is 5.56 Å². The molecule has 0 fully saturated rings. The molecule has 25 heavy (non-hydrogen) atoms. The molecule has 3 nitrogen and oxygen atoms in total. The summed E-state index contributed by atoms with van der Waals surface area (Å²) in [4.78, 5) is 16.7. The van der Waals surface area contributed by atoms with Crippen molar-refractivity contribution in [1.29, 1.82) is 0 Å². The first-order valence-corrected chi connectivity index (χ1v) is 9.96. The van der Waals surface area contributed by atoms with Crippen LogP contribution in [0.3, 0.4) is 0 Å². The molecule has 3 aromatic rings. The smallest absolute Gasteiger partial charge is 0.152 e. The maximum Gasteiger partial charge on any atom is 0.152 e. The van der Waals surface area contributed by atoms with Crippen LogP contribution in [-0.4, -0.2) is 15.6 Å². The number of para-hydroxylation sites is 1. The molecule has 0 atom stereocenters. The summed E-state index contributed by atoms with van der Waals surface area (Å²) in [6, 6.07) is 10.0. The first-order valence-electron chi connectivity index (χ1n) is 9.12. The quantitative estimate of drug-likeness (QED) is 0.346. The number of rotatable bonds is 9. The van der Waals surface area contributed by atoms with Crippen LogP contribution in [-0.2, 0) is 6.42 Å². The van der Waals surface area contributed by atoms with Crippen molar-refractivity contribution in [2.45, 2.75) is 51.9 Å². The maximum atomic E-state index is 11.9. The second-order valence-electron chi connectivity index (χ2n) is 6.38. The average Bonchev–Trinajstić information content (AvgIpc) is 3.17. The molecule has 2 heterocycles. The molecule has 0 unspecified atom stereocenters. The van der Waals surface area contributed by atoms with E-state index in [2.05, 4.69) is 11.3 Å². The van der Waals surface area contributed by atoms with Gasteiger partial charge in [0.2, 0.25) is 0 Å². The Morgan fingerprint density at radius 3 is 2.60 bits per heavy atom. The van der Waals surface area contributed by atoms with E-state index in [1.165, 1.54) is 43.6 Å². The molecule has 0 aliphatic carbocycles. The molecule has 0 saturated heterocycles. The van der Waals surface area contributed by atoms with Crippen molar-refractivity contribution < 1.29 is 4.79 Å². The van der Waals surface area contributed by atoms with Crippen LogP contribution in [0.25, 0.3) is 22.2 Å². The molecule has 0 aliphatic heterocycles. The van der Waals surface area contributed by atoms with Gasteiger partial charge < -0.3 is 0 Å². The van der Waals surface area contributed by atoms with Crippen LogP contribution in [0.5, 0.6) is 0 Å². The van der Waals surface area contributed by atoms with Crippen LogP contribution in [0.2, 0.25) is 0 Å². The molecule has 2 aromatic heterocycles. The number of aromatic nitrogens is 2. The Balaban J connectivity index is 1.91. The summed E-state index contributed by atoms with van der Waals surface area (Å²) >= 11 is 1.41. The molecule has 0 bridgehead atoms. The van der Waals surface area contributed by atoms with Crippen molar-refractivity contribution in [3.05, 3.63) is 47.0 Å². The lowest BCUT2D eigenvalue weighted by atomic mass is 9.96. The Kier molecular flexibility index (Phi) is 6.29. The fraction of sp³-hybridized carbons (Fsp3) is 0.381. The predicted molar refractivity (Wildman–Crippen MR) is 105 cm³/mol. The number of nitrogens with zero attached hydrogens (tertiary/aromatic N) is 2. The van der Waals surface area contributed by atoms with Gasteiger partial charge in [-0.15, -0.1) is 0 Å². The van der Waals surface area contributed by atoms with Crippen molar-refractivity contribution in [3.8, 4) is 11.3 Å². The second kappa shape index (κ2) is 8.86. The zero-order valence-electron chi connectivity index (χ0n) is 14.7. The van der Waals surface area contributed by atoms with Gasteiger partial charge >= 0.3 is 0 Å². The van der Waals surface area contributed by atoms with Crippen molar-refractivity contribution >= 4 is 28.7 Å². The molecular weight excluding hydrogens is 328 g/mol.